The average molecular weight is 337 g/mol. The minimum Gasteiger partial charge on any atom is -0.322 e. The summed E-state index contributed by atoms with van der Waals surface area (Å²) in [6.07, 6.45) is 0.670. The van der Waals surface area contributed by atoms with Crippen LogP contribution < -0.4 is 5.32 Å². The van der Waals surface area contributed by atoms with E-state index in [0.29, 0.717) is 18.5 Å². The van der Waals surface area contributed by atoms with Crippen molar-refractivity contribution in [1.82, 2.24) is 10.2 Å². The maximum atomic E-state index is 12.4. The van der Waals surface area contributed by atoms with Gasteiger partial charge in [0.15, 0.2) is 0 Å². The fourth-order valence-corrected chi connectivity index (χ4v) is 3.08. The zero-order valence-corrected chi connectivity index (χ0v) is 12.5. The highest BCUT2D eigenvalue weighted by atomic mass is 79.9. The monoisotopic (exact) mass is 336 g/mol. The number of benzene rings is 1. The van der Waals surface area contributed by atoms with E-state index in [0.717, 1.165) is 15.6 Å². The predicted octanol–water partition coefficient (Wildman–Crippen LogP) is 1.52. The molecule has 0 aromatic heterocycles. The molecule has 6 heteroatoms. The summed E-state index contributed by atoms with van der Waals surface area (Å²) in [7, 11) is 0. The lowest BCUT2D eigenvalue weighted by Gasteiger charge is -2.29. The first-order valence-electron chi connectivity index (χ1n) is 6.41. The summed E-state index contributed by atoms with van der Waals surface area (Å²) in [6, 6.07) is 3.22. The van der Waals surface area contributed by atoms with Gasteiger partial charge in [-0.3, -0.25) is 19.7 Å². The summed E-state index contributed by atoms with van der Waals surface area (Å²) in [5.41, 5.74) is 2.55. The molecule has 1 saturated heterocycles. The fraction of sp³-hybridized carbons (Fsp3) is 0.357. The molecule has 1 atom stereocenters. The van der Waals surface area contributed by atoms with Crippen molar-refractivity contribution in [3.05, 3.63) is 33.3 Å². The second-order valence-electron chi connectivity index (χ2n) is 5.16. The predicted molar refractivity (Wildman–Crippen MR) is 74.9 cm³/mol. The van der Waals surface area contributed by atoms with Gasteiger partial charge in [0.05, 0.1) is 0 Å². The Labute approximate surface area is 124 Å². The summed E-state index contributed by atoms with van der Waals surface area (Å²) in [6.45, 7) is 2.34. The van der Waals surface area contributed by atoms with Crippen LogP contribution in [-0.2, 0) is 16.1 Å². The molecule has 2 heterocycles. The van der Waals surface area contributed by atoms with Crippen molar-refractivity contribution in [3.8, 4) is 0 Å². The zero-order chi connectivity index (χ0) is 14.4. The molecule has 3 rings (SSSR count). The van der Waals surface area contributed by atoms with Gasteiger partial charge < -0.3 is 4.90 Å². The topological polar surface area (TPSA) is 66.5 Å². The minimum atomic E-state index is -0.549. The Morgan fingerprint density at radius 1 is 1.30 bits per heavy atom. The van der Waals surface area contributed by atoms with Crippen LogP contribution in [0.25, 0.3) is 0 Å². The Balaban J connectivity index is 1.90. The second-order valence-corrected chi connectivity index (χ2v) is 6.01. The van der Waals surface area contributed by atoms with E-state index in [9.17, 15) is 14.4 Å². The van der Waals surface area contributed by atoms with Gasteiger partial charge in [-0.05, 0) is 36.6 Å². The molecule has 1 aromatic carbocycles. The van der Waals surface area contributed by atoms with Crippen molar-refractivity contribution in [2.24, 2.45) is 0 Å². The molecule has 2 aliphatic rings. The van der Waals surface area contributed by atoms with Crippen LogP contribution in [0, 0.1) is 6.92 Å². The van der Waals surface area contributed by atoms with E-state index in [1.54, 1.807) is 4.90 Å². The molecule has 0 bridgehead atoms. The number of imide groups is 1. The molecule has 5 nitrogen and oxygen atoms in total. The average Bonchev–Trinajstić information content (AvgIpc) is 2.68. The van der Waals surface area contributed by atoms with Crippen molar-refractivity contribution >= 4 is 33.7 Å². The first-order valence-corrected chi connectivity index (χ1v) is 7.20. The number of fused-ring (bicyclic) bond motifs is 1. The van der Waals surface area contributed by atoms with Gasteiger partial charge in [0.1, 0.15) is 6.04 Å². The molecule has 0 saturated carbocycles. The normalized spacial score (nSPS) is 22.0. The highest BCUT2D eigenvalue weighted by Crippen LogP contribution is 2.31. The Morgan fingerprint density at radius 3 is 2.75 bits per heavy atom. The van der Waals surface area contributed by atoms with Crippen LogP contribution in [0.4, 0.5) is 0 Å². The molecule has 0 aliphatic carbocycles. The van der Waals surface area contributed by atoms with E-state index in [2.05, 4.69) is 21.2 Å². The highest BCUT2D eigenvalue weighted by Gasteiger charge is 2.39. The van der Waals surface area contributed by atoms with Gasteiger partial charge in [0.2, 0.25) is 11.8 Å². The molecule has 1 fully saturated rings. The van der Waals surface area contributed by atoms with Gasteiger partial charge in [0.25, 0.3) is 5.91 Å². The lowest BCUT2D eigenvalue weighted by atomic mass is 10.0. The number of piperidine rings is 1. The number of carbonyl (C=O) groups is 3. The third kappa shape index (κ3) is 2.04. The molecule has 0 spiro atoms. The molecule has 104 valence electrons. The van der Waals surface area contributed by atoms with Crippen LogP contribution in [0.5, 0.6) is 0 Å². The van der Waals surface area contributed by atoms with E-state index in [-0.39, 0.29) is 24.1 Å². The quantitative estimate of drug-likeness (QED) is 0.790. The lowest BCUT2D eigenvalue weighted by Crippen LogP contribution is -2.52. The van der Waals surface area contributed by atoms with Crippen molar-refractivity contribution in [2.75, 3.05) is 0 Å². The molecule has 1 unspecified atom stereocenters. The number of nitrogens with zero attached hydrogens (tertiary/aromatic N) is 1. The van der Waals surface area contributed by atoms with Crippen LogP contribution in [0.15, 0.2) is 16.6 Å². The van der Waals surface area contributed by atoms with E-state index < -0.39 is 6.04 Å². The van der Waals surface area contributed by atoms with E-state index in [1.807, 2.05) is 19.1 Å². The van der Waals surface area contributed by atoms with E-state index >= 15 is 0 Å². The van der Waals surface area contributed by atoms with Gasteiger partial charge in [-0.25, -0.2) is 0 Å². The molecule has 20 heavy (non-hydrogen) atoms. The van der Waals surface area contributed by atoms with Crippen molar-refractivity contribution in [3.63, 3.8) is 0 Å². The SMILES string of the molecule is Cc1cc2c(cc1Br)CN(C1CCC(=O)NC1=O)C2=O. The van der Waals surface area contributed by atoms with Crippen molar-refractivity contribution < 1.29 is 14.4 Å². The van der Waals surface area contributed by atoms with Gasteiger partial charge in [-0.15, -0.1) is 0 Å². The maximum Gasteiger partial charge on any atom is 0.255 e. The summed E-state index contributed by atoms with van der Waals surface area (Å²) in [4.78, 5) is 37.1. The molecule has 1 aromatic rings. The van der Waals surface area contributed by atoms with Gasteiger partial charge >= 0.3 is 0 Å². The van der Waals surface area contributed by atoms with Gasteiger partial charge in [-0.1, -0.05) is 15.9 Å². The van der Waals surface area contributed by atoms with Gasteiger partial charge in [0, 0.05) is 23.0 Å². The van der Waals surface area contributed by atoms with Crippen LogP contribution in [0.1, 0.15) is 34.3 Å². The van der Waals surface area contributed by atoms with Crippen LogP contribution in [-0.4, -0.2) is 28.7 Å². The highest BCUT2D eigenvalue weighted by molar-refractivity contribution is 9.10. The van der Waals surface area contributed by atoms with Crippen molar-refractivity contribution in [2.45, 2.75) is 32.4 Å². The smallest absolute Gasteiger partial charge is 0.255 e. The first-order chi connectivity index (χ1) is 9.47. The number of carbonyl (C=O) groups excluding carboxylic acids is 3. The lowest BCUT2D eigenvalue weighted by molar-refractivity contribution is -0.136. The Bertz CT molecular complexity index is 642. The number of amides is 3. The van der Waals surface area contributed by atoms with E-state index in [1.165, 1.54) is 0 Å². The summed E-state index contributed by atoms with van der Waals surface area (Å²) in [5, 5.41) is 2.30. The fourth-order valence-electron chi connectivity index (χ4n) is 2.69. The Morgan fingerprint density at radius 2 is 2.05 bits per heavy atom. The number of nitrogens with one attached hydrogen (secondary N) is 1. The largest absolute Gasteiger partial charge is 0.322 e. The number of aryl methyl sites for hydroxylation is 1. The van der Waals surface area contributed by atoms with Crippen LogP contribution in [0.2, 0.25) is 0 Å². The van der Waals surface area contributed by atoms with Crippen molar-refractivity contribution in [1.29, 1.82) is 0 Å². The molecular formula is C14H13BrN2O3. The summed E-state index contributed by atoms with van der Waals surface area (Å²) >= 11 is 3.45. The van der Waals surface area contributed by atoms with Crippen LogP contribution >= 0.6 is 15.9 Å². The van der Waals surface area contributed by atoms with Crippen LogP contribution in [0.3, 0.4) is 0 Å². The Hall–Kier alpha value is -1.69. The molecule has 3 amide bonds. The number of hydrogen-bond donors (Lipinski definition) is 1. The Kier molecular flexibility index (Phi) is 3.12. The number of rotatable bonds is 1. The third-order valence-corrected chi connectivity index (χ3v) is 4.66. The third-order valence-electron chi connectivity index (χ3n) is 3.80. The summed E-state index contributed by atoms with van der Waals surface area (Å²) in [5.74, 6) is -0.780. The molecular weight excluding hydrogens is 324 g/mol. The first kappa shape index (κ1) is 13.3. The molecule has 0 radical (unpaired) electrons. The second kappa shape index (κ2) is 4.70. The molecule has 2 aliphatic heterocycles. The molecule has 1 N–H and O–H groups in total. The number of hydrogen-bond acceptors (Lipinski definition) is 3. The summed E-state index contributed by atoms with van der Waals surface area (Å²) < 4.78 is 0.953. The standard InChI is InChI=1S/C14H13BrN2O3/c1-7-4-9-8(5-10(7)15)6-17(14(9)20)11-2-3-12(18)16-13(11)19/h4-5,11H,2-3,6H2,1H3,(H,16,18,19). The van der Waals surface area contributed by atoms with E-state index in [4.69, 9.17) is 0 Å². The zero-order valence-electron chi connectivity index (χ0n) is 10.9. The van der Waals surface area contributed by atoms with Gasteiger partial charge in [-0.2, -0.15) is 0 Å². The number of halogens is 1. The minimum absolute atomic E-state index is 0.134. The maximum absolute atomic E-state index is 12.4.